The predicted molar refractivity (Wildman–Crippen MR) is 85.1 cm³/mol. The molecule has 1 heterocycles. The summed E-state index contributed by atoms with van der Waals surface area (Å²) in [6, 6.07) is 3.64. The molecule has 23 heavy (non-hydrogen) atoms. The van der Waals surface area contributed by atoms with Crippen molar-refractivity contribution in [2.24, 2.45) is 5.92 Å². The van der Waals surface area contributed by atoms with E-state index in [1.54, 1.807) is 0 Å². The van der Waals surface area contributed by atoms with E-state index in [1.807, 2.05) is 7.05 Å². The number of nitro groups is 1. The first-order chi connectivity index (χ1) is 10.9. The average molecular weight is 343 g/mol. The Kier molecular flexibility index (Phi) is 5.55. The van der Waals surface area contributed by atoms with Gasteiger partial charge < -0.3 is 10.1 Å². The van der Waals surface area contributed by atoms with Gasteiger partial charge in [0, 0.05) is 25.2 Å². The standard InChI is InChI=1S/C14H21N3O5S/c1-15-10-11-5-7-16(8-6-11)23(20,21)12-3-4-13(17(18)19)14(9-12)22-2/h3-4,9,11,15H,5-8,10H2,1-2H3. The molecule has 8 nitrogen and oxygen atoms in total. The van der Waals surface area contributed by atoms with Crippen LogP contribution in [0.5, 0.6) is 5.75 Å². The zero-order valence-corrected chi connectivity index (χ0v) is 14.0. The number of ether oxygens (including phenoxy) is 1. The van der Waals surface area contributed by atoms with Crippen molar-refractivity contribution in [2.75, 3.05) is 33.8 Å². The fourth-order valence-corrected chi connectivity index (χ4v) is 4.25. The molecule has 1 saturated heterocycles. The second-order valence-electron chi connectivity index (χ2n) is 5.50. The largest absolute Gasteiger partial charge is 0.490 e. The maximum absolute atomic E-state index is 12.7. The highest BCUT2D eigenvalue weighted by atomic mass is 32.2. The molecule has 0 aliphatic carbocycles. The monoisotopic (exact) mass is 343 g/mol. The molecule has 1 fully saturated rings. The van der Waals surface area contributed by atoms with Crippen LogP contribution >= 0.6 is 0 Å². The number of hydrogen-bond donors (Lipinski definition) is 1. The van der Waals surface area contributed by atoms with Crippen LogP contribution in [0.15, 0.2) is 23.1 Å². The van der Waals surface area contributed by atoms with Crippen LogP contribution in [-0.4, -0.2) is 51.4 Å². The summed E-state index contributed by atoms with van der Waals surface area (Å²) < 4.78 is 31.7. The fraction of sp³-hybridized carbons (Fsp3) is 0.571. The van der Waals surface area contributed by atoms with Gasteiger partial charge in [-0.05, 0) is 38.4 Å². The molecule has 9 heteroatoms. The number of benzene rings is 1. The van der Waals surface area contributed by atoms with E-state index >= 15 is 0 Å². The highest BCUT2D eigenvalue weighted by Gasteiger charge is 2.30. The third-order valence-electron chi connectivity index (χ3n) is 4.05. The Morgan fingerprint density at radius 3 is 2.57 bits per heavy atom. The van der Waals surface area contributed by atoms with Gasteiger partial charge in [0.25, 0.3) is 0 Å². The van der Waals surface area contributed by atoms with Crippen LogP contribution in [-0.2, 0) is 10.0 Å². The predicted octanol–water partition coefficient (Wildman–Crippen LogP) is 1.22. The zero-order chi connectivity index (χ0) is 17.0. The second-order valence-corrected chi connectivity index (χ2v) is 7.43. The van der Waals surface area contributed by atoms with E-state index in [9.17, 15) is 18.5 Å². The van der Waals surface area contributed by atoms with Crippen molar-refractivity contribution in [1.82, 2.24) is 9.62 Å². The van der Waals surface area contributed by atoms with Gasteiger partial charge in [0.15, 0.2) is 5.75 Å². The second kappa shape index (κ2) is 7.24. The highest BCUT2D eigenvalue weighted by molar-refractivity contribution is 7.89. The van der Waals surface area contributed by atoms with Gasteiger partial charge in [-0.3, -0.25) is 10.1 Å². The third-order valence-corrected chi connectivity index (χ3v) is 5.95. The van der Waals surface area contributed by atoms with Crippen LogP contribution in [0.2, 0.25) is 0 Å². The number of nitrogens with one attached hydrogen (secondary N) is 1. The Balaban J connectivity index is 2.22. The van der Waals surface area contributed by atoms with E-state index in [2.05, 4.69) is 5.32 Å². The van der Waals surface area contributed by atoms with Crippen molar-refractivity contribution < 1.29 is 18.1 Å². The van der Waals surface area contributed by atoms with E-state index in [1.165, 1.54) is 29.6 Å². The van der Waals surface area contributed by atoms with Gasteiger partial charge in [0.2, 0.25) is 10.0 Å². The molecule has 0 unspecified atom stereocenters. The normalized spacial score (nSPS) is 17.1. The fourth-order valence-electron chi connectivity index (χ4n) is 2.76. The molecule has 128 valence electrons. The number of rotatable bonds is 6. The number of hydrogen-bond acceptors (Lipinski definition) is 6. The summed E-state index contributed by atoms with van der Waals surface area (Å²) in [5.74, 6) is 0.416. The number of nitro benzene ring substituents is 1. The first-order valence-electron chi connectivity index (χ1n) is 7.37. The summed E-state index contributed by atoms with van der Waals surface area (Å²) in [7, 11) is -0.504. The lowest BCUT2D eigenvalue weighted by Crippen LogP contribution is -2.40. The Morgan fingerprint density at radius 1 is 1.39 bits per heavy atom. The number of piperidine rings is 1. The topological polar surface area (TPSA) is 102 Å². The van der Waals surface area contributed by atoms with Gasteiger partial charge in [0.1, 0.15) is 0 Å². The van der Waals surface area contributed by atoms with Crippen LogP contribution in [0.25, 0.3) is 0 Å². The Morgan fingerprint density at radius 2 is 2.04 bits per heavy atom. The van der Waals surface area contributed by atoms with Gasteiger partial charge in [-0.25, -0.2) is 8.42 Å². The molecule has 1 aromatic carbocycles. The van der Waals surface area contributed by atoms with Crippen molar-refractivity contribution in [3.63, 3.8) is 0 Å². The van der Waals surface area contributed by atoms with Crippen LogP contribution in [0.4, 0.5) is 5.69 Å². The van der Waals surface area contributed by atoms with Crippen molar-refractivity contribution in [2.45, 2.75) is 17.7 Å². The van der Waals surface area contributed by atoms with E-state index in [0.717, 1.165) is 19.4 Å². The molecule has 1 aliphatic heterocycles. The van der Waals surface area contributed by atoms with Gasteiger partial charge in [-0.15, -0.1) is 0 Å². The van der Waals surface area contributed by atoms with Gasteiger partial charge >= 0.3 is 5.69 Å². The summed E-state index contributed by atoms with van der Waals surface area (Å²) in [5, 5.41) is 14.0. The maximum atomic E-state index is 12.7. The van der Waals surface area contributed by atoms with E-state index in [0.29, 0.717) is 19.0 Å². The summed E-state index contributed by atoms with van der Waals surface area (Å²) in [5.41, 5.74) is -0.251. The van der Waals surface area contributed by atoms with Crippen LogP contribution < -0.4 is 10.1 Å². The molecule has 1 N–H and O–H groups in total. The molecule has 0 spiro atoms. The van der Waals surface area contributed by atoms with Gasteiger partial charge in [-0.2, -0.15) is 4.31 Å². The lowest BCUT2D eigenvalue weighted by Gasteiger charge is -2.31. The van der Waals surface area contributed by atoms with E-state index in [4.69, 9.17) is 4.74 Å². The summed E-state index contributed by atoms with van der Waals surface area (Å²) in [6.07, 6.45) is 1.59. The molecule has 0 radical (unpaired) electrons. The Bertz CT molecular complexity index is 669. The van der Waals surface area contributed by atoms with Crippen molar-refractivity contribution >= 4 is 15.7 Å². The first-order valence-corrected chi connectivity index (χ1v) is 8.81. The van der Waals surface area contributed by atoms with Gasteiger partial charge in [-0.1, -0.05) is 0 Å². The molecule has 0 bridgehead atoms. The maximum Gasteiger partial charge on any atom is 0.310 e. The third kappa shape index (κ3) is 3.80. The van der Waals surface area contributed by atoms with Crippen LogP contribution in [0.1, 0.15) is 12.8 Å². The SMILES string of the molecule is CNCC1CCN(S(=O)(=O)c2ccc([N+](=O)[O-])c(OC)c2)CC1. The Hall–Kier alpha value is -1.71. The summed E-state index contributed by atoms with van der Waals surface area (Å²) in [4.78, 5) is 10.3. The minimum Gasteiger partial charge on any atom is -0.490 e. The summed E-state index contributed by atoms with van der Waals surface area (Å²) >= 11 is 0. The molecule has 0 atom stereocenters. The van der Waals surface area contributed by atoms with Crippen LogP contribution in [0, 0.1) is 16.0 Å². The number of methoxy groups -OCH3 is 1. The van der Waals surface area contributed by atoms with E-state index < -0.39 is 14.9 Å². The van der Waals surface area contributed by atoms with Crippen molar-refractivity contribution in [3.8, 4) is 5.75 Å². The highest BCUT2D eigenvalue weighted by Crippen LogP contribution is 2.31. The lowest BCUT2D eigenvalue weighted by molar-refractivity contribution is -0.385. The molecule has 1 aliphatic rings. The molecule has 0 amide bonds. The quantitative estimate of drug-likeness (QED) is 0.615. The molecule has 1 aromatic rings. The van der Waals surface area contributed by atoms with Crippen molar-refractivity contribution in [1.29, 1.82) is 0 Å². The first kappa shape index (κ1) is 17.6. The van der Waals surface area contributed by atoms with E-state index in [-0.39, 0.29) is 16.3 Å². The molecule has 0 saturated carbocycles. The number of sulfonamides is 1. The zero-order valence-electron chi connectivity index (χ0n) is 13.2. The molecule has 0 aromatic heterocycles. The minimum atomic E-state index is -3.67. The summed E-state index contributed by atoms with van der Waals surface area (Å²) in [6.45, 7) is 1.78. The lowest BCUT2D eigenvalue weighted by atomic mass is 9.98. The molecular formula is C14H21N3O5S. The van der Waals surface area contributed by atoms with Gasteiger partial charge in [0.05, 0.1) is 16.9 Å². The molecular weight excluding hydrogens is 322 g/mol. The van der Waals surface area contributed by atoms with Crippen molar-refractivity contribution in [3.05, 3.63) is 28.3 Å². The van der Waals surface area contributed by atoms with Crippen LogP contribution in [0.3, 0.4) is 0 Å². The smallest absolute Gasteiger partial charge is 0.310 e. The molecule has 2 rings (SSSR count). The number of nitrogens with zero attached hydrogens (tertiary/aromatic N) is 2. The Labute approximate surface area is 135 Å². The average Bonchev–Trinajstić information content (AvgIpc) is 2.55. The minimum absolute atomic E-state index is 0.0204.